The van der Waals surface area contributed by atoms with Gasteiger partial charge in [-0.15, -0.1) is 0 Å². The van der Waals surface area contributed by atoms with E-state index in [0.29, 0.717) is 5.75 Å². The Hall–Kier alpha value is -2.14. The first kappa shape index (κ1) is 13.3. The second kappa shape index (κ2) is 5.67. The first-order valence-electron chi connectivity index (χ1n) is 5.51. The van der Waals surface area contributed by atoms with E-state index in [0.717, 1.165) is 5.56 Å². The fourth-order valence-corrected chi connectivity index (χ4v) is 1.62. The summed E-state index contributed by atoms with van der Waals surface area (Å²) in [7, 11) is 0. The van der Waals surface area contributed by atoms with Gasteiger partial charge >= 0.3 is 5.97 Å². The Kier molecular flexibility index (Phi) is 3.97. The minimum atomic E-state index is -1.15. The Morgan fingerprint density at radius 1 is 1.32 bits per heavy atom. The van der Waals surface area contributed by atoms with Crippen molar-refractivity contribution in [3.8, 4) is 5.75 Å². The van der Waals surface area contributed by atoms with Crippen molar-refractivity contribution in [2.45, 2.75) is 13.5 Å². The van der Waals surface area contributed by atoms with Crippen LogP contribution in [0.5, 0.6) is 5.75 Å². The Morgan fingerprint density at radius 2 is 2.00 bits per heavy atom. The largest absolute Gasteiger partial charge is 0.486 e. The fourth-order valence-electron chi connectivity index (χ4n) is 1.42. The minimum Gasteiger partial charge on any atom is -0.486 e. The van der Waals surface area contributed by atoms with E-state index in [1.165, 1.54) is 6.07 Å². The molecule has 0 spiro atoms. The van der Waals surface area contributed by atoms with Gasteiger partial charge in [0.05, 0.1) is 0 Å². The van der Waals surface area contributed by atoms with E-state index in [9.17, 15) is 4.79 Å². The smallest absolute Gasteiger partial charge is 0.354 e. The van der Waals surface area contributed by atoms with Gasteiger partial charge in [0, 0.05) is 6.07 Å². The number of hydrogen-bond acceptors (Lipinski definition) is 4. The maximum absolute atomic E-state index is 10.8. The van der Waals surface area contributed by atoms with E-state index in [-0.39, 0.29) is 23.3 Å². The lowest BCUT2D eigenvalue weighted by atomic mass is 10.2. The molecule has 0 aliphatic rings. The maximum atomic E-state index is 10.8. The van der Waals surface area contributed by atoms with Crippen molar-refractivity contribution >= 4 is 17.6 Å². The molecule has 0 radical (unpaired) electrons. The zero-order valence-corrected chi connectivity index (χ0v) is 10.9. The number of carbonyl (C=O) groups is 1. The third-order valence-electron chi connectivity index (χ3n) is 2.35. The molecule has 0 bridgehead atoms. The van der Waals surface area contributed by atoms with Crippen molar-refractivity contribution in [3.05, 3.63) is 52.6 Å². The average Bonchev–Trinajstić information content (AvgIpc) is 2.37. The zero-order valence-electron chi connectivity index (χ0n) is 10.1. The number of carboxylic acids is 1. The Bertz CT molecular complexity index is 599. The first-order valence-corrected chi connectivity index (χ1v) is 5.88. The molecule has 0 unspecified atom stereocenters. The highest BCUT2D eigenvalue weighted by Crippen LogP contribution is 2.14. The summed E-state index contributed by atoms with van der Waals surface area (Å²) in [6, 6.07) is 8.66. The van der Waals surface area contributed by atoms with Gasteiger partial charge in [-0.25, -0.2) is 14.8 Å². The molecule has 0 aliphatic carbocycles. The van der Waals surface area contributed by atoms with Gasteiger partial charge in [0.1, 0.15) is 17.5 Å². The third-order valence-corrected chi connectivity index (χ3v) is 2.54. The van der Waals surface area contributed by atoms with E-state index in [4.69, 9.17) is 21.4 Å². The van der Waals surface area contributed by atoms with Crippen LogP contribution in [0.25, 0.3) is 0 Å². The molecule has 1 heterocycles. The van der Waals surface area contributed by atoms with Crippen LogP contribution in [-0.4, -0.2) is 21.0 Å². The molecule has 5 nitrogen and oxygen atoms in total. The number of nitrogens with zero attached hydrogens (tertiary/aromatic N) is 2. The van der Waals surface area contributed by atoms with Gasteiger partial charge in [0.25, 0.3) is 0 Å². The highest BCUT2D eigenvalue weighted by atomic mass is 35.5. The molecule has 0 saturated carbocycles. The van der Waals surface area contributed by atoms with Crippen LogP contribution < -0.4 is 4.74 Å². The molecule has 0 atom stereocenters. The van der Waals surface area contributed by atoms with Gasteiger partial charge in [-0.1, -0.05) is 29.3 Å². The number of halogens is 1. The van der Waals surface area contributed by atoms with Crippen molar-refractivity contribution in [1.29, 1.82) is 0 Å². The van der Waals surface area contributed by atoms with Gasteiger partial charge in [-0.3, -0.25) is 0 Å². The van der Waals surface area contributed by atoms with Crippen LogP contribution in [0.15, 0.2) is 30.3 Å². The molecule has 0 aliphatic heterocycles. The monoisotopic (exact) mass is 278 g/mol. The molecular formula is C13H11ClN2O3. The average molecular weight is 279 g/mol. The van der Waals surface area contributed by atoms with E-state index in [1.807, 2.05) is 31.2 Å². The lowest BCUT2D eigenvalue weighted by molar-refractivity contribution is 0.0689. The molecule has 98 valence electrons. The number of rotatable bonds is 4. The van der Waals surface area contributed by atoms with E-state index in [2.05, 4.69) is 9.97 Å². The number of aromatic nitrogens is 2. The van der Waals surface area contributed by atoms with Crippen LogP contribution in [0, 0.1) is 6.92 Å². The van der Waals surface area contributed by atoms with Gasteiger partial charge in [0.15, 0.2) is 11.5 Å². The molecule has 2 aromatic rings. The molecule has 0 saturated heterocycles. The Morgan fingerprint density at radius 3 is 2.63 bits per heavy atom. The normalized spacial score (nSPS) is 10.2. The summed E-state index contributed by atoms with van der Waals surface area (Å²) in [5, 5.41) is 8.94. The topological polar surface area (TPSA) is 72.3 Å². The van der Waals surface area contributed by atoms with Crippen molar-refractivity contribution in [2.24, 2.45) is 0 Å². The predicted molar refractivity (Wildman–Crippen MR) is 69.5 cm³/mol. The molecule has 1 aromatic heterocycles. The van der Waals surface area contributed by atoms with Gasteiger partial charge in [-0.05, 0) is 19.1 Å². The van der Waals surface area contributed by atoms with Crippen LogP contribution in [0.1, 0.15) is 21.9 Å². The quantitative estimate of drug-likeness (QED) is 0.871. The summed E-state index contributed by atoms with van der Waals surface area (Å²) >= 11 is 5.73. The maximum Gasteiger partial charge on any atom is 0.354 e. The molecule has 2 rings (SSSR count). The van der Waals surface area contributed by atoms with Crippen molar-refractivity contribution < 1.29 is 14.6 Å². The third kappa shape index (κ3) is 3.66. The molecule has 6 heteroatoms. The van der Waals surface area contributed by atoms with Gasteiger partial charge < -0.3 is 9.84 Å². The van der Waals surface area contributed by atoms with Crippen LogP contribution in [0.2, 0.25) is 5.15 Å². The van der Waals surface area contributed by atoms with Crippen molar-refractivity contribution in [3.63, 3.8) is 0 Å². The number of hydrogen-bond donors (Lipinski definition) is 1. The molecule has 1 aromatic carbocycles. The van der Waals surface area contributed by atoms with E-state index >= 15 is 0 Å². The van der Waals surface area contributed by atoms with Crippen LogP contribution in [0.4, 0.5) is 0 Å². The molecule has 1 N–H and O–H groups in total. The van der Waals surface area contributed by atoms with Gasteiger partial charge in [-0.2, -0.15) is 0 Å². The first-order chi connectivity index (χ1) is 9.04. The number of ether oxygens (including phenoxy) is 1. The minimum absolute atomic E-state index is 0.0594. The summed E-state index contributed by atoms with van der Waals surface area (Å²) in [5.74, 6) is -0.266. The number of carboxylic acid groups (broad SMARTS) is 1. The molecule has 19 heavy (non-hydrogen) atoms. The van der Waals surface area contributed by atoms with Crippen LogP contribution in [0.3, 0.4) is 0 Å². The second-order valence-electron chi connectivity index (χ2n) is 3.90. The van der Waals surface area contributed by atoms with Crippen LogP contribution in [-0.2, 0) is 6.61 Å². The number of benzene rings is 1. The SMILES string of the molecule is Cc1ccc(OCc2nc(Cl)cc(C(=O)O)n2)cc1. The predicted octanol–water partition coefficient (Wildman–Crippen LogP) is 2.72. The van der Waals surface area contributed by atoms with Crippen LogP contribution >= 0.6 is 11.6 Å². The summed E-state index contributed by atoms with van der Waals surface area (Å²) in [6.07, 6.45) is 0. The summed E-state index contributed by atoms with van der Waals surface area (Å²) in [4.78, 5) is 18.6. The highest BCUT2D eigenvalue weighted by molar-refractivity contribution is 6.29. The van der Waals surface area contributed by atoms with Crippen molar-refractivity contribution in [1.82, 2.24) is 9.97 Å². The number of aryl methyl sites for hydroxylation is 1. The van der Waals surface area contributed by atoms with Gasteiger partial charge in [0.2, 0.25) is 0 Å². The number of aromatic carboxylic acids is 1. The lowest BCUT2D eigenvalue weighted by Crippen LogP contribution is -2.08. The zero-order chi connectivity index (χ0) is 13.8. The van der Waals surface area contributed by atoms with E-state index < -0.39 is 5.97 Å². The highest BCUT2D eigenvalue weighted by Gasteiger charge is 2.09. The Balaban J connectivity index is 2.11. The molecule has 0 fully saturated rings. The lowest BCUT2D eigenvalue weighted by Gasteiger charge is -2.06. The summed E-state index contributed by atoms with van der Waals surface area (Å²) in [5.41, 5.74) is 0.974. The Labute approximate surface area is 114 Å². The second-order valence-corrected chi connectivity index (χ2v) is 4.29. The summed E-state index contributed by atoms with van der Waals surface area (Å²) < 4.78 is 5.46. The standard InChI is InChI=1S/C13H11ClN2O3/c1-8-2-4-9(5-3-8)19-7-12-15-10(13(17)18)6-11(14)16-12/h2-6H,7H2,1H3,(H,17,18). The molecular weight excluding hydrogens is 268 g/mol. The summed E-state index contributed by atoms with van der Waals surface area (Å²) in [6.45, 7) is 2.03. The van der Waals surface area contributed by atoms with Crippen molar-refractivity contribution in [2.75, 3.05) is 0 Å². The van der Waals surface area contributed by atoms with E-state index in [1.54, 1.807) is 0 Å². The fraction of sp³-hybridized carbons (Fsp3) is 0.154. The molecule has 0 amide bonds.